The van der Waals surface area contributed by atoms with Gasteiger partial charge in [-0.3, -0.25) is 24.7 Å². The highest BCUT2D eigenvalue weighted by Gasteiger charge is 2.32. The highest BCUT2D eigenvalue weighted by molar-refractivity contribution is 8.14. The molecule has 2 heterocycles. The van der Waals surface area contributed by atoms with Crippen LogP contribution in [0, 0.1) is 10.1 Å². The van der Waals surface area contributed by atoms with Gasteiger partial charge in [0.25, 0.3) is 11.2 Å². The molecule has 1 saturated carbocycles. The molecule has 1 atom stereocenters. The third-order valence-electron chi connectivity index (χ3n) is 5.35. The number of hydrogen-bond donors (Lipinski definition) is 1. The lowest BCUT2D eigenvalue weighted by Crippen LogP contribution is -2.14. The Morgan fingerprint density at radius 1 is 1.19 bits per heavy atom. The lowest BCUT2D eigenvalue weighted by molar-refractivity contribution is -0.384. The predicted octanol–water partition coefficient (Wildman–Crippen LogP) is 4.87. The first kappa shape index (κ1) is 18.0. The van der Waals surface area contributed by atoms with Gasteiger partial charge in [0.1, 0.15) is 0 Å². The Morgan fingerprint density at radius 2 is 1.85 bits per heavy atom. The Morgan fingerprint density at radius 3 is 2.48 bits per heavy atom. The summed E-state index contributed by atoms with van der Waals surface area (Å²) in [6, 6.07) is 6.74. The summed E-state index contributed by atoms with van der Waals surface area (Å²) in [4.78, 5) is 28.0. The van der Waals surface area contributed by atoms with Crippen molar-refractivity contribution in [2.45, 2.75) is 56.7 Å². The van der Waals surface area contributed by atoms with Crippen molar-refractivity contribution in [3.8, 4) is 0 Å². The number of aromatic amines is 1. The zero-order valence-electron chi connectivity index (χ0n) is 15.2. The SMILES string of the molecule is CC1=Nc2c(c(=O)[nH]n2C2CCCCCC2)[C@@H](c2ccc([N+](=O)[O-])cc2)S1. The van der Waals surface area contributed by atoms with Crippen LogP contribution in [0.1, 0.15) is 67.9 Å². The number of nitro groups is 1. The van der Waals surface area contributed by atoms with Crippen molar-refractivity contribution in [2.24, 2.45) is 4.99 Å². The van der Waals surface area contributed by atoms with Crippen LogP contribution in [0.4, 0.5) is 11.5 Å². The minimum atomic E-state index is -0.411. The van der Waals surface area contributed by atoms with Crippen LogP contribution in [0.15, 0.2) is 34.1 Å². The van der Waals surface area contributed by atoms with E-state index in [2.05, 4.69) is 5.10 Å². The Kier molecular flexibility index (Phi) is 4.90. The third kappa shape index (κ3) is 3.45. The quantitative estimate of drug-likeness (QED) is 0.463. The number of hydrogen-bond acceptors (Lipinski definition) is 5. The molecule has 2 aliphatic rings. The third-order valence-corrected chi connectivity index (χ3v) is 6.52. The molecule has 0 unspecified atom stereocenters. The van der Waals surface area contributed by atoms with Gasteiger partial charge in [0.2, 0.25) is 0 Å². The van der Waals surface area contributed by atoms with E-state index in [0.717, 1.165) is 29.3 Å². The van der Waals surface area contributed by atoms with Gasteiger partial charge in [-0.2, -0.15) is 0 Å². The first-order valence-electron chi connectivity index (χ1n) is 9.35. The van der Waals surface area contributed by atoms with Crippen LogP contribution >= 0.6 is 11.8 Å². The summed E-state index contributed by atoms with van der Waals surface area (Å²) in [5, 5.41) is 14.7. The Labute approximate surface area is 161 Å². The molecule has 0 bridgehead atoms. The van der Waals surface area contributed by atoms with E-state index in [9.17, 15) is 14.9 Å². The fourth-order valence-electron chi connectivity index (χ4n) is 4.00. The lowest BCUT2D eigenvalue weighted by atomic mass is 10.1. The van der Waals surface area contributed by atoms with Crippen molar-refractivity contribution in [1.82, 2.24) is 9.78 Å². The van der Waals surface area contributed by atoms with Crippen molar-refractivity contribution in [2.75, 3.05) is 0 Å². The second-order valence-electron chi connectivity index (χ2n) is 7.17. The van der Waals surface area contributed by atoms with E-state index in [1.165, 1.54) is 49.6 Å². The van der Waals surface area contributed by atoms with Crippen LogP contribution in [0.2, 0.25) is 0 Å². The molecule has 2 aromatic rings. The number of nitrogens with one attached hydrogen (secondary N) is 1. The maximum absolute atomic E-state index is 12.8. The van der Waals surface area contributed by atoms with E-state index in [4.69, 9.17) is 4.99 Å². The van der Waals surface area contributed by atoms with Crippen molar-refractivity contribution in [3.63, 3.8) is 0 Å². The van der Waals surface area contributed by atoms with Crippen LogP contribution in [0.5, 0.6) is 0 Å². The van der Waals surface area contributed by atoms with E-state index in [1.54, 1.807) is 12.1 Å². The van der Waals surface area contributed by atoms with Gasteiger partial charge in [0.15, 0.2) is 5.82 Å². The largest absolute Gasteiger partial charge is 0.271 e. The monoisotopic (exact) mass is 386 g/mol. The number of H-pyrrole nitrogens is 1. The first-order chi connectivity index (χ1) is 13.0. The second kappa shape index (κ2) is 7.34. The van der Waals surface area contributed by atoms with Crippen molar-refractivity contribution in [3.05, 3.63) is 55.9 Å². The van der Waals surface area contributed by atoms with Gasteiger partial charge in [0.05, 0.1) is 26.8 Å². The summed E-state index contributed by atoms with van der Waals surface area (Å²) in [5.74, 6) is 0.728. The van der Waals surface area contributed by atoms with Gasteiger partial charge >= 0.3 is 0 Å². The molecule has 4 rings (SSSR count). The molecule has 0 radical (unpaired) electrons. The molecule has 27 heavy (non-hydrogen) atoms. The normalized spacial score (nSPS) is 20.6. The number of non-ortho nitro benzene ring substituents is 1. The van der Waals surface area contributed by atoms with E-state index < -0.39 is 4.92 Å². The Balaban J connectivity index is 1.75. The number of benzene rings is 1. The molecule has 0 saturated heterocycles. The molecule has 0 amide bonds. The minimum Gasteiger partial charge on any atom is -0.268 e. The molecular weight excluding hydrogens is 364 g/mol. The average molecular weight is 386 g/mol. The molecule has 142 valence electrons. The van der Waals surface area contributed by atoms with Crippen molar-refractivity contribution in [1.29, 1.82) is 0 Å². The van der Waals surface area contributed by atoms with Gasteiger partial charge in [-0.05, 0) is 25.3 Å². The molecule has 1 aliphatic carbocycles. The molecular formula is C19H22N4O3S. The van der Waals surface area contributed by atoms with Crippen LogP contribution in [0.3, 0.4) is 0 Å². The number of nitro benzene ring substituents is 1. The summed E-state index contributed by atoms with van der Waals surface area (Å²) in [6.07, 6.45) is 6.94. The molecule has 7 nitrogen and oxygen atoms in total. The number of nitrogens with zero attached hydrogens (tertiary/aromatic N) is 3. The second-order valence-corrected chi connectivity index (χ2v) is 8.47. The van der Waals surface area contributed by atoms with Gasteiger partial charge < -0.3 is 0 Å². The number of thioether (sulfide) groups is 1. The Bertz CT molecular complexity index is 937. The van der Waals surface area contributed by atoms with Crippen LogP contribution in [0.25, 0.3) is 0 Å². The van der Waals surface area contributed by atoms with Crippen molar-refractivity contribution < 1.29 is 4.92 Å². The lowest BCUT2D eigenvalue weighted by Gasteiger charge is -2.23. The number of aliphatic imine (C=N–C) groups is 1. The zero-order valence-corrected chi connectivity index (χ0v) is 16.0. The smallest absolute Gasteiger partial charge is 0.268 e. The van der Waals surface area contributed by atoms with Crippen LogP contribution in [-0.2, 0) is 0 Å². The number of rotatable bonds is 3. The van der Waals surface area contributed by atoms with E-state index >= 15 is 0 Å². The molecule has 8 heteroatoms. The maximum atomic E-state index is 12.8. The van der Waals surface area contributed by atoms with Gasteiger partial charge in [0, 0.05) is 12.1 Å². The van der Waals surface area contributed by atoms with E-state index in [-0.39, 0.29) is 22.5 Å². The van der Waals surface area contributed by atoms with Crippen LogP contribution < -0.4 is 5.56 Å². The predicted molar refractivity (Wildman–Crippen MR) is 107 cm³/mol. The van der Waals surface area contributed by atoms with Crippen molar-refractivity contribution >= 4 is 28.3 Å². The fraction of sp³-hybridized carbons (Fsp3) is 0.474. The highest BCUT2D eigenvalue weighted by atomic mass is 32.2. The summed E-state index contributed by atoms with van der Waals surface area (Å²) in [7, 11) is 0. The number of fused-ring (bicyclic) bond motifs is 1. The molecule has 1 aromatic heterocycles. The summed E-state index contributed by atoms with van der Waals surface area (Å²) < 4.78 is 1.98. The van der Waals surface area contributed by atoms with Gasteiger partial charge in [-0.1, -0.05) is 49.6 Å². The summed E-state index contributed by atoms with van der Waals surface area (Å²) in [5.41, 5.74) is 1.48. The van der Waals surface area contributed by atoms with Gasteiger partial charge in [-0.25, -0.2) is 4.99 Å². The standard InChI is InChI=1S/C19H22N4O3S/c1-12-20-18-16(17(27-12)13-8-10-15(11-9-13)23(25)26)19(24)21-22(18)14-6-4-2-3-5-7-14/h8-11,14,17H,2-7H2,1H3,(H,21,24)/t17-/m1/s1. The number of aromatic nitrogens is 2. The molecule has 1 fully saturated rings. The topological polar surface area (TPSA) is 93.3 Å². The molecule has 1 N–H and O–H groups in total. The zero-order chi connectivity index (χ0) is 19.0. The summed E-state index contributed by atoms with van der Waals surface area (Å²) in [6.45, 7) is 1.95. The Hall–Kier alpha value is -2.35. The molecule has 1 aliphatic heterocycles. The highest BCUT2D eigenvalue weighted by Crippen LogP contribution is 2.45. The molecule has 1 aromatic carbocycles. The minimum absolute atomic E-state index is 0.0510. The average Bonchev–Trinajstić information content (AvgIpc) is 2.84. The summed E-state index contributed by atoms with van der Waals surface area (Å²) >= 11 is 1.52. The van der Waals surface area contributed by atoms with E-state index in [1.807, 2.05) is 11.6 Å². The van der Waals surface area contributed by atoms with Gasteiger partial charge in [-0.15, -0.1) is 0 Å². The van der Waals surface area contributed by atoms with Crippen LogP contribution in [-0.4, -0.2) is 19.7 Å². The van der Waals surface area contributed by atoms with E-state index in [0.29, 0.717) is 5.56 Å². The first-order valence-corrected chi connectivity index (χ1v) is 10.2. The maximum Gasteiger partial charge on any atom is 0.271 e. The fourth-order valence-corrected chi connectivity index (χ4v) is 5.10. The molecule has 0 spiro atoms.